The molecule has 0 spiro atoms. The second-order valence-electron chi connectivity index (χ2n) is 6.99. The van der Waals surface area contributed by atoms with Gasteiger partial charge in [0.2, 0.25) is 5.78 Å². The van der Waals surface area contributed by atoms with Crippen LogP contribution in [0.5, 0.6) is 0 Å². The number of Topliss-reactive ketones (excluding diaryl/α,β-unsaturated/α-hetero) is 1. The van der Waals surface area contributed by atoms with E-state index >= 15 is 0 Å². The van der Waals surface area contributed by atoms with E-state index in [1.165, 1.54) is 0 Å². The van der Waals surface area contributed by atoms with Crippen LogP contribution in [-0.2, 0) is 9.47 Å². The summed E-state index contributed by atoms with van der Waals surface area (Å²) in [5, 5.41) is 1.77. The Labute approximate surface area is 164 Å². The zero-order chi connectivity index (χ0) is 20.3. The van der Waals surface area contributed by atoms with Gasteiger partial charge in [-0.25, -0.2) is 4.79 Å². The minimum Gasteiger partial charge on any atom is -0.454 e. The number of esters is 1. The molecule has 0 fully saturated rings. The van der Waals surface area contributed by atoms with E-state index in [0.717, 1.165) is 22.2 Å². The average molecular weight is 379 g/mol. The molecule has 0 unspecified atom stereocenters. The number of hydrogen-bond donors (Lipinski definition) is 0. The van der Waals surface area contributed by atoms with Gasteiger partial charge in [0.15, 0.2) is 6.61 Å². The van der Waals surface area contributed by atoms with Crippen molar-refractivity contribution in [3.8, 4) is 0 Å². The van der Waals surface area contributed by atoms with Crippen LogP contribution in [0.15, 0.2) is 48.5 Å². The number of hydrogen-bond acceptors (Lipinski definition) is 4. The van der Waals surface area contributed by atoms with Crippen molar-refractivity contribution in [2.24, 2.45) is 0 Å². The maximum absolute atomic E-state index is 12.7. The van der Waals surface area contributed by atoms with Crippen molar-refractivity contribution in [1.29, 1.82) is 0 Å². The number of methoxy groups -OCH3 is 1. The Morgan fingerprint density at radius 2 is 1.75 bits per heavy atom. The topological polar surface area (TPSA) is 57.5 Å². The average Bonchev–Trinajstić information content (AvgIpc) is 2.99. The number of ether oxygens (including phenoxy) is 2. The van der Waals surface area contributed by atoms with Gasteiger partial charge >= 0.3 is 5.97 Å². The van der Waals surface area contributed by atoms with Crippen LogP contribution in [0.3, 0.4) is 0 Å². The Bertz CT molecular complexity index is 1010. The molecule has 146 valence electrons. The number of nitrogens with zero attached hydrogens (tertiary/aromatic N) is 1. The number of benzene rings is 2. The van der Waals surface area contributed by atoms with Gasteiger partial charge in [0.25, 0.3) is 0 Å². The first-order chi connectivity index (χ1) is 13.4. The summed E-state index contributed by atoms with van der Waals surface area (Å²) in [7, 11) is 1.66. The quantitative estimate of drug-likeness (QED) is 0.448. The molecule has 0 aliphatic rings. The van der Waals surface area contributed by atoms with Gasteiger partial charge in [-0.15, -0.1) is 0 Å². The number of fused-ring (bicyclic) bond motifs is 1. The van der Waals surface area contributed by atoms with Gasteiger partial charge in [-0.3, -0.25) is 4.79 Å². The molecule has 5 heteroatoms. The fraction of sp³-hybridized carbons (Fsp3) is 0.304. The Morgan fingerprint density at radius 3 is 2.50 bits per heavy atom. The van der Waals surface area contributed by atoms with Crippen LogP contribution in [-0.4, -0.2) is 36.6 Å². The molecular formula is C23H25NO4. The SMILES string of the molecule is COC[C@@H](C)n1c(C)cc(C(=O)COC(=O)c2cccc3ccccc23)c1C. The van der Waals surface area contributed by atoms with Crippen LogP contribution in [0.4, 0.5) is 0 Å². The highest BCUT2D eigenvalue weighted by molar-refractivity contribution is 6.06. The van der Waals surface area contributed by atoms with Gasteiger partial charge in [0.1, 0.15) is 0 Å². The van der Waals surface area contributed by atoms with Crippen LogP contribution in [0.25, 0.3) is 10.8 Å². The lowest BCUT2D eigenvalue weighted by Crippen LogP contribution is -2.17. The van der Waals surface area contributed by atoms with Crippen molar-refractivity contribution >= 4 is 22.5 Å². The summed E-state index contributed by atoms with van der Waals surface area (Å²) >= 11 is 0. The van der Waals surface area contributed by atoms with Crippen LogP contribution in [0.2, 0.25) is 0 Å². The van der Waals surface area contributed by atoms with E-state index in [0.29, 0.717) is 17.7 Å². The molecule has 28 heavy (non-hydrogen) atoms. The fourth-order valence-electron chi connectivity index (χ4n) is 3.74. The van der Waals surface area contributed by atoms with E-state index in [4.69, 9.17) is 9.47 Å². The predicted octanol–water partition coefficient (Wildman–Crippen LogP) is 4.51. The molecule has 0 N–H and O–H groups in total. The van der Waals surface area contributed by atoms with E-state index in [-0.39, 0.29) is 18.4 Å². The van der Waals surface area contributed by atoms with Crippen molar-refractivity contribution < 1.29 is 19.1 Å². The number of carbonyl (C=O) groups is 2. The van der Waals surface area contributed by atoms with Gasteiger partial charge in [0, 0.05) is 24.1 Å². The Morgan fingerprint density at radius 1 is 1.04 bits per heavy atom. The van der Waals surface area contributed by atoms with E-state index in [2.05, 4.69) is 4.57 Å². The standard InChI is InChI=1S/C23H25NO4/c1-15-12-21(17(3)24(15)16(2)13-27-4)22(25)14-28-23(26)20-11-7-9-18-8-5-6-10-19(18)20/h5-12,16H,13-14H2,1-4H3/t16-/m1/s1. The number of carbonyl (C=O) groups excluding carboxylic acids is 2. The molecule has 2 aromatic carbocycles. The summed E-state index contributed by atoms with van der Waals surface area (Å²) in [6.07, 6.45) is 0. The summed E-state index contributed by atoms with van der Waals surface area (Å²) in [4.78, 5) is 25.2. The maximum Gasteiger partial charge on any atom is 0.339 e. The second-order valence-corrected chi connectivity index (χ2v) is 6.99. The van der Waals surface area contributed by atoms with Gasteiger partial charge < -0.3 is 14.0 Å². The normalized spacial score (nSPS) is 12.1. The van der Waals surface area contributed by atoms with E-state index in [1.807, 2.05) is 63.2 Å². The molecule has 3 aromatic rings. The third-order valence-corrected chi connectivity index (χ3v) is 4.98. The molecule has 3 rings (SSSR count). The number of rotatable bonds is 7. The molecule has 0 radical (unpaired) electrons. The Hall–Kier alpha value is -2.92. The predicted molar refractivity (Wildman–Crippen MR) is 109 cm³/mol. The fourth-order valence-corrected chi connectivity index (χ4v) is 3.74. The molecule has 0 amide bonds. The molecule has 0 aliphatic carbocycles. The third kappa shape index (κ3) is 3.85. The first-order valence-corrected chi connectivity index (χ1v) is 9.29. The molecule has 0 saturated heterocycles. The summed E-state index contributed by atoms with van der Waals surface area (Å²) in [5.41, 5.74) is 2.87. The highest BCUT2D eigenvalue weighted by Gasteiger charge is 2.20. The third-order valence-electron chi connectivity index (χ3n) is 4.98. The first-order valence-electron chi connectivity index (χ1n) is 9.29. The Balaban J connectivity index is 1.75. The largest absolute Gasteiger partial charge is 0.454 e. The summed E-state index contributed by atoms with van der Waals surface area (Å²) in [5.74, 6) is -0.704. The zero-order valence-corrected chi connectivity index (χ0v) is 16.7. The molecule has 0 bridgehead atoms. The van der Waals surface area contributed by atoms with Crippen LogP contribution in [0, 0.1) is 13.8 Å². The van der Waals surface area contributed by atoms with Crippen molar-refractivity contribution in [3.63, 3.8) is 0 Å². The van der Waals surface area contributed by atoms with Crippen LogP contribution >= 0.6 is 0 Å². The van der Waals surface area contributed by atoms with Crippen molar-refractivity contribution in [3.05, 3.63) is 71.0 Å². The van der Waals surface area contributed by atoms with Crippen molar-refractivity contribution in [2.45, 2.75) is 26.8 Å². The van der Waals surface area contributed by atoms with E-state index < -0.39 is 5.97 Å². The zero-order valence-electron chi connectivity index (χ0n) is 16.7. The van der Waals surface area contributed by atoms with E-state index in [9.17, 15) is 9.59 Å². The summed E-state index contributed by atoms with van der Waals surface area (Å²) in [6, 6.07) is 15.0. The lowest BCUT2D eigenvalue weighted by atomic mass is 10.0. The number of aryl methyl sites for hydroxylation is 1. The minimum atomic E-state index is -0.494. The smallest absolute Gasteiger partial charge is 0.339 e. The maximum atomic E-state index is 12.7. The monoisotopic (exact) mass is 379 g/mol. The number of aromatic nitrogens is 1. The van der Waals surface area contributed by atoms with Crippen molar-refractivity contribution in [1.82, 2.24) is 4.57 Å². The van der Waals surface area contributed by atoms with Crippen LogP contribution < -0.4 is 0 Å². The van der Waals surface area contributed by atoms with Gasteiger partial charge in [-0.2, -0.15) is 0 Å². The summed E-state index contributed by atoms with van der Waals surface area (Å²) in [6.45, 7) is 6.17. The highest BCUT2D eigenvalue weighted by atomic mass is 16.5. The highest BCUT2D eigenvalue weighted by Crippen LogP contribution is 2.22. The van der Waals surface area contributed by atoms with E-state index in [1.54, 1.807) is 13.2 Å². The molecular weight excluding hydrogens is 354 g/mol. The lowest BCUT2D eigenvalue weighted by molar-refractivity contribution is 0.0476. The van der Waals surface area contributed by atoms with Gasteiger partial charge in [-0.1, -0.05) is 36.4 Å². The Kier molecular flexibility index (Phi) is 5.95. The molecule has 5 nitrogen and oxygen atoms in total. The molecule has 1 heterocycles. The minimum absolute atomic E-state index is 0.116. The van der Waals surface area contributed by atoms with Crippen LogP contribution in [0.1, 0.15) is 45.1 Å². The second kappa shape index (κ2) is 8.40. The lowest BCUT2D eigenvalue weighted by Gasteiger charge is -2.17. The molecule has 1 aromatic heterocycles. The molecule has 0 saturated carbocycles. The molecule has 0 aliphatic heterocycles. The summed E-state index contributed by atoms with van der Waals surface area (Å²) < 4.78 is 12.6. The van der Waals surface area contributed by atoms with Gasteiger partial charge in [-0.05, 0) is 43.7 Å². The first kappa shape index (κ1) is 19.8. The van der Waals surface area contributed by atoms with Gasteiger partial charge in [0.05, 0.1) is 18.2 Å². The molecule has 1 atom stereocenters. The van der Waals surface area contributed by atoms with Crippen molar-refractivity contribution in [2.75, 3.05) is 20.3 Å². The number of ketones is 1.